The third-order valence-electron chi connectivity index (χ3n) is 11.0. The summed E-state index contributed by atoms with van der Waals surface area (Å²) in [4.78, 5) is 0. The van der Waals surface area contributed by atoms with Crippen molar-refractivity contribution in [3.8, 4) is 0 Å². The van der Waals surface area contributed by atoms with Gasteiger partial charge in [-0.2, -0.15) is 0 Å². The van der Waals surface area contributed by atoms with Crippen molar-refractivity contribution in [2.45, 2.75) is 75.8 Å². The summed E-state index contributed by atoms with van der Waals surface area (Å²) in [5, 5.41) is 5.91. The Bertz CT molecular complexity index is 1830. The predicted molar refractivity (Wildman–Crippen MR) is 203 cm³/mol. The summed E-state index contributed by atoms with van der Waals surface area (Å²) in [6.45, 7) is 0. The predicted octanol–water partition coefficient (Wildman–Crippen LogP) is 9.45. The molecule has 0 bridgehead atoms. The zero-order chi connectivity index (χ0) is 31.6. The number of benzene rings is 5. The Labute approximate surface area is 282 Å². The van der Waals surface area contributed by atoms with E-state index in [0.29, 0.717) is 5.66 Å². The number of rotatable bonds is 7. The lowest BCUT2D eigenvalue weighted by Gasteiger charge is -2.45. The lowest BCUT2D eigenvalue weighted by atomic mass is 9.70. The molecule has 3 aliphatic carbocycles. The molecule has 0 saturated heterocycles. The maximum absolute atomic E-state index is 16.3. The fourth-order valence-electron chi connectivity index (χ4n) is 8.90. The molecule has 236 valence electrons. The quantitative estimate of drug-likeness (QED) is 0.127. The highest BCUT2D eigenvalue weighted by molar-refractivity contribution is 7.85. The van der Waals surface area contributed by atoms with Gasteiger partial charge in [0.25, 0.3) is 0 Å². The first kappa shape index (κ1) is 30.8. The molecular formula is C44H44OP2. The maximum atomic E-state index is 16.3. The molecule has 0 heterocycles. The van der Waals surface area contributed by atoms with Gasteiger partial charge in [0.1, 0.15) is 0 Å². The third-order valence-corrected chi connectivity index (χ3v) is 17.0. The van der Waals surface area contributed by atoms with Gasteiger partial charge in [0.2, 0.25) is 0 Å². The fourth-order valence-corrected chi connectivity index (χ4v) is 14.9. The van der Waals surface area contributed by atoms with Crippen LogP contribution in [0.15, 0.2) is 145 Å². The van der Waals surface area contributed by atoms with Crippen LogP contribution in [0.5, 0.6) is 0 Å². The van der Waals surface area contributed by atoms with E-state index < -0.39 is 15.1 Å². The summed E-state index contributed by atoms with van der Waals surface area (Å²) < 4.78 is 16.3. The van der Waals surface area contributed by atoms with Crippen molar-refractivity contribution in [3.63, 3.8) is 0 Å². The minimum absolute atomic E-state index is 0.273. The van der Waals surface area contributed by atoms with Crippen LogP contribution in [-0.4, -0.2) is 5.66 Å². The van der Waals surface area contributed by atoms with E-state index in [0.717, 1.165) is 28.8 Å². The lowest BCUT2D eigenvalue weighted by molar-refractivity contribution is 0.520. The van der Waals surface area contributed by atoms with Gasteiger partial charge in [-0.05, 0) is 105 Å². The smallest absolute Gasteiger partial charge is 0.171 e. The molecule has 1 nitrogen and oxygen atoms in total. The van der Waals surface area contributed by atoms with Crippen LogP contribution in [-0.2, 0) is 17.4 Å². The van der Waals surface area contributed by atoms with Gasteiger partial charge in [0, 0.05) is 21.8 Å². The van der Waals surface area contributed by atoms with Gasteiger partial charge in [-0.1, -0.05) is 145 Å². The Balaban J connectivity index is 1.44. The molecule has 3 heteroatoms. The highest BCUT2D eigenvalue weighted by Crippen LogP contribution is 2.58. The van der Waals surface area contributed by atoms with E-state index in [1.165, 1.54) is 78.7 Å². The van der Waals surface area contributed by atoms with E-state index in [1.807, 2.05) is 0 Å². The summed E-state index contributed by atoms with van der Waals surface area (Å²) in [5.74, 6) is 0.273. The van der Waals surface area contributed by atoms with E-state index in [1.54, 1.807) is 11.1 Å². The van der Waals surface area contributed by atoms with Crippen LogP contribution in [0, 0.1) is 0 Å². The second-order valence-electron chi connectivity index (χ2n) is 13.6. The van der Waals surface area contributed by atoms with Crippen molar-refractivity contribution in [2.24, 2.45) is 0 Å². The summed E-state index contributed by atoms with van der Waals surface area (Å²) in [7, 11) is -3.85. The van der Waals surface area contributed by atoms with Crippen molar-refractivity contribution in [1.29, 1.82) is 0 Å². The van der Waals surface area contributed by atoms with Crippen molar-refractivity contribution in [3.05, 3.63) is 161 Å². The van der Waals surface area contributed by atoms with E-state index in [4.69, 9.17) is 0 Å². The minimum atomic E-state index is -3.19. The van der Waals surface area contributed by atoms with Crippen LogP contribution >= 0.6 is 15.1 Å². The molecule has 0 fully saturated rings. The number of allylic oxidation sites excluding steroid dienone is 2. The zero-order valence-corrected chi connectivity index (χ0v) is 29.0. The third kappa shape index (κ3) is 5.71. The molecule has 8 rings (SSSR count). The molecular weight excluding hydrogens is 606 g/mol. The number of fused-ring (bicyclic) bond motifs is 1. The van der Waals surface area contributed by atoms with Crippen LogP contribution < -0.4 is 26.5 Å². The topological polar surface area (TPSA) is 17.1 Å². The van der Waals surface area contributed by atoms with E-state index in [-0.39, 0.29) is 5.92 Å². The molecule has 0 N–H and O–H groups in total. The molecule has 3 aliphatic rings. The van der Waals surface area contributed by atoms with E-state index >= 15 is 4.57 Å². The summed E-state index contributed by atoms with van der Waals surface area (Å²) in [6.07, 6.45) is 12.0. The molecule has 5 aromatic carbocycles. The van der Waals surface area contributed by atoms with Crippen molar-refractivity contribution < 1.29 is 4.57 Å². The second-order valence-corrected chi connectivity index (χ2v) is 18.8. The maximum Gasteiger partial charge on any atom is 0.171 e. The number of aryl methyl sites for hydroxylation is 1. The minimum Gasteiger partial charge on any atom is -0.309 e. The molecule has 0 unspecified atom stereocenters. The molecule has 47 heavy (non-hydrogen) atoms. The number of hydrogen-bond acceptors (Lipinski definition) is 1. The SMILES string of the molecule is O=P(c1ccccc1)(c1ccccc1)c1ccc2c(c1[C@H]1C3=C(CCCC3)CC[C@H]1P(c1ccccc1)c1ccccc1)CCCC2. The van der Waals surface area contributed by atoms with Gasteiger partial charge in [-0.25, -0.2) is 0 Å². The van der Waals surface area contributed by atoms with Crippen molar-refractivity contribution in [1.82, 2.24) is 0 Å². The standard InChI is InChI=1S/C44H44OP2/c45-47(37-23-9-3-10-24-37,38-25-11-4-12-26-38)42-32-30-34-18-14-16-28-40(34)44(42)43-39-27-15-13-17-33(39)29-31-41(43)46(35-19-5-1-6-20-35)36-21-7-2-8-22-36/h1-12,19-26,30,32,41,43H,13-18,27-29,31H2/t41-,43+/m1/s1. The molecule has 5 aromatic rings. The van der Waals surface area contributed by atoms with E-state index in [9.17, 15) is 0 Å². The molecule has 0 aliphatic heterocycles. The van der Waals surface area contributed by atoms with Crippen LogP contribution in [0.1, 0.15) is 74.0 Å². The Morgan fingerprint density at radius 3 is 1.68 bits per heavy atom. The Hall–Kier alpha value is -3.50. The Morgan fingerprint density at radius 2 is 1.06 bits per heavy atom. The van der Waals surface area contributed by atoms with Crippen molar-refractivity contribution in [2.75, 3.05) is 0 Å². The normalized spacial score (nSPS) is 19.7. The summed E-state index contributed by atoms with van der Waals surface area (Å²) in [5.41, 5.74) is 8.30. The lowest BCUT2D eigenvalue weighted by Crippen LogP contribution is -2.37. The number of hydrogen-bond donors (Lipinski definition) is 0. The fraction of sp³-hybridized carbons (Fsp3) is 0.273. The first-order valence-corrected chi connectivity index (χ1v) is 20.8. The van der Waals surface area contributed by atoms with Gasteiger partial charge >= 0.3 is 0 Å². The summed E-state index contributed by atoms with van der Waals surface area (Å²) >= 11 is 0. The highest BCUT2D eigenvalue weighted by Gasteiger charge is 2.44. The monoisotopic (exact) mass is 650 g/mol. The molecule has 0 radical (unpaired) electrons. The van der Waals surface area contributed by atoms with Crippen LogP contribution in [0.4, 0.5) is 0 Å². The van der Waals surface area contributed by atoms with Gasteiger partial charge in [-0.3, -0.25) is 0 Å². The largest absolute Gasteiger partial charge is 0.309 e. The van der Waals surface area contributed by atoms with Gasteiger partial charge in [-0.15, -0.1) is 0 Å². The highest BCUT2D eigenvalue weighted by atomic mass is 31.2. The molecule has 0 amide bonds. The molecule has 0 saturated carbocycles. The van der Waals surface area contributed by atoms with Crippen LogP contribution in [0.3, 0.4) is 0 Å². The van der Waals surface area contributed by atoms with Crippen LogP contribution in [0.25, 0.3) is 0 Å². The van der Waals surface area contributed by atoms with E-state index in [2.05, 4.69) is 133 Å². The average Bonchev–Trinajstić information content (AvgIpc) is 3.16. The van der Waals surface area contributed by atoms with Gasteiger partial charge in [0.05, 0.1) is 0 Å². The molecule has 0 spiro atoms. The summed E-state index contributed by atoms with van der Waals surface area (Å²) in [6, 6.07) is 48.2. The average molecular weight is 651 g/mol. The van der Waals surface area contributed by atoms with Crippen molar-refractivity contribution >= 4 is 41.6 Å². The van der Waals surface area contributed by atoms with Gasteiger partial charge in [0.15, 0.2) is 7.14 Å². The second kappa shape index (κ2) is 13.5. The Kier molecular flexibility index (Phi) is 8.88. The molecule has 2 atom stereocenters. The Morgan fingerprint density at radius 1 is 0.532 bits per heavy atom. The first-order chi connectivity index (χ1) is 23.2. The van der Waals surface area contributed by atoms with Gasteiger partial charge < -0.3 is 4.57 Å². The first-order valence-electron chi connectivity index (χ1n) is 17.7. The zero-order valence-electron chi connectivity index (χ0n) is 27.2. The van der Waals surface area contributed by atoms with Crippen LogP contribution in [0.2, 0.25) is 0 Å². The molecule has 0 aromatic heterocycles.